The Morgan fingerprint density at radius 2 is 1.74 bits per heavy atom. The number of methoxy groups -OCH3 is 1. The van der Waals surface area contributed by atoms with Crippen LogP contribution in [0.3, 0.4) is 0 Å². The van der Waals surface area contributed by atoms with Crippen molar-refractivity contribution in [1.82, 2.24) is 0 Å². The van der Waals surface area contributed by atoms with Gasteiger partial charge in [-0.1, -0.05) is 12.1 Å². The molecule has 2 atom stereocenters. The van der Waals surface area contributed by atoms with Crippen LogP contribution >= 0.6 is 0 Å². The average molecular weight is 370 g/mol. The molecule has 2 aliphatic rings. The van der Waals surface area contributed by atoms with Crippen molar-refractivity contribution in [3.05, 3.63) is 51.6 Å². The number of ketones is 2. The topological polar surface area (TPSA) is 124 Å². The van der Waals surface area contributed by atoms with Crippen LogP contribution in [0, 0.1) is 0 Å². The van der Waals surface area contributed by atoms with Crippen LogP contribution in [0.15, 0.2) is 18.2 Å². The Labute approximate surface area is 154 Å². The SMILES string of the molecule is COc1cccc2c1C(=O)c1c(O)c3c(c(O)c1C2=O)C[C@](C)(O)C[C@@H]3O. The fourth-order valence-electron chi connectivity index (χ4n) is 4.13. The predicted octanol–water partition coefficient (Wildman–Crippen LogP) is 1.61. The van der Waals surface area contributed by atoms with E-state index in [9.17, 15) is 30.0 Å². The molecule has 2 aromatic rings. The zero-order chi connectivity index (χ0) is 19.7. The maximum atomic E-state index is 13.1. The summed E-state index contributed by atoms with van der Waals surface area (Å²) in [7, 11) is 1.36. The van der Waals surface area contributed by atoms with E-state index >= 15 is 0 Å². The van der Waals surface area contributed by atoms with Gasteiger partial charge in [0.2, 0.25) is 5.78 Å². The molecule has 2 aliphatic carbocycles. The van der Waals surface area contributed by atoms with Crippen molar-refractivity contribution in [2.24, 2.45) is 0 Å². The van der Waals surface area contributed by atoms with Crippen molar-refractivity contribution in [2.45, 2.75) is 31.5 Å². The number of fused-ring (bicyclic) bond motifs is 3. The van der Waals surface area contributed by atoms with Gasteiger partial charge in [0.05, 0.1) is 35.5 Å². The lowest BCUT2D eigenvalue weighted by Crippen LogP contribution is -2.35. The number of carbonyl (C=O) groups is 2. The van der Waals surface area contributed by atoms with Gasteiger partial charge < -0.3 is 25.2 Å². The van der Waals surface area contributed by atoms with Crippen LogP contribution in [0.25, 0.3) is 0 Å². The third kappa shape index (κ3) is 2.28. The van der Waals surface area contributed by atoms with Crippen molar-refractivity contribution >= 4 is 11.6 Å². The Kier molecular flexibility index (Phi) is 3.60. The van der Waals surface area contributed by atoms with E-state index in [1.807, 2.05) is 0 Å². The number of aliphatic hydroxyl groups excluding tert-OH is 1. The minimum absolute atomic E-state index is 0.00412. The summed E-state index contributed by atoms with van der Waals surface area (Å²) < 4.78 is 5.18. The standard InChI is InChI=1S/C20H18O7/c1-20(26)6-9-12(10(21)7-20)18(24)15-14(17(9)23)16(22)8-4-3-5-11(27-2)13(8)19(15)25/h3-5,10,21,23-24,26H,6-7H2,1-2H3/t10-,20-/m0/s1. The second-order valence-electron chi connectivity index (χ2n) is 7.27. The fraction of sp³-hybridized carbons (Fsp3) is 0.300. The summed E-state index contributed by atoms with van der Waals surface area (Å²) in [6.45, 7) is 1.49. The third-order valence-electron chi connectivity index (χ3n) is 5.29. The maximum absolute atomic E-state index is 13.1. The number of aliphatic hydroxyl groups is 2. The third-order valence-corrected chi connectivity index (χ3v) is 5.29. The molecule has 0 unspecified atom stereocenters. The summed E-state index contributed by atoms with van der Waals surface area (Å²) >= 11 is 0. The molecule has 4 rings (SSSR count). The van der Waals surface area contributed by atoms with Crippen LogP contribution < -0.4 is 4.74 Å². The molecule has 7 nitrogen and oxygen atoms in total. The number of carbonyl (C=O) groups excluding carboxylic acids is 2. The lowest BCUT2D eigenvalue weighted by atomic mass is 9.73. The molecule has 4 N–H and O–H groups in total. The molecular formula is C20H18O7. The van der Waals surface area contributed by atoms with Gasteiger partial charge in [0, 0.05) is 29.5 Å². The molecule has 0 radical (unpaired) electrons. The number of phenols is 2. The van der Waals surface area contributed by atoms with Crippen molar-refractivity contribution < 1.29 is 34.8 Å². The summed E-state index contributed by atoms with van der Waals surface area (Å²) in [5, 5.41) is 42.2. The van der Waals surface area contributed by atoms with E-state index in [-0.39, 0.29) is 52.0 Å². The lowest BCUT2D eigenvalue weighted by Gasteiger charge is -2.35. The molecule has 0 spiro atoms. The Morgan fingerprint density at radius 3 is 2.41 bits per heavy atom. The van der Waals surface area contributed by atoms with Crippen molar-refractivity contribution in [3.63, 3.8) is 0 Å². The van der Waals surface area contributed by atoms with Crippen LogP contribution in [0.5, 0.6) is 17.2 Å². The maximum Gasteiger partial charge on any atom is 0.202 e. The van der Waals surface area contributed by atoms with Gasteiger partial charge in [0.25, 0.3) is 0 Å². The van der Waals surface area contributed by atoms with Crippen molar-refractivity contribution in [2.75, 3.05) is 7.11 Å². The number of ether oxygens (including phenoxy) is 1. The highest BCUT2D eigenvalue weighted by Crippen LogP contribution is 2.50. The molecule has 0 saturated carbocycles. The van der Waals surface area contributed by atoms with Gasteiger partial charge in [-0.2, -0.15) is 0 Å². The molecule has 2 aromatic carbocycles. The molecule has 7 heteroatoms. The van der Waals surface area contributed by atoms with E-state index < -0.39 is 34.8 Å². The summed E-state index contributed by atoms with van der Waals surface area (Å²) in [6.07, 6.45) is -1.44. The first-order chi connectivity index (χ1) is 12.7. The largest absolute Gasteiger partial charge is 0.507 e. The molecule has 27 heavy (non-hydrogen) atoms. The molecule has 0 bridgehead atoms. The number of rotatable bonds is 1. The second-order valence-corrected chi connectivity index (χ2v) is 7.27. The zero-order valence-electron chi connectivity index (χ0n) is 14.7. The van der Waals surface area contributed by atoms with Crippen LogP contribution in [0.4, 0.5) is 0 Å². The van der Waals surface area contributed by atoms with Gasteiger partial charge in [-0.3, -0.25) is 9.59 Å². The van der Waals surface area contributed by atoms with E-state index in [1.54, 1.807) is 6.07 Å². The molecule has 140 valence electrons. The number of benzene rings is 2. The minimum Gasteiger partial charge on any atom is -0.507 e. The normalized spacial score (nSPS) is 23.5. The van der Waals surface area contributed by atoms with Gasteiger partial charge in [-0.05, 0) is 13.0 Å². The molecular weight excluding hydrogens is 352 g/mol. The molecule has 0 aliphatic heterocycles. The Hall–Kier alpha value is -2.90. The Bertz CT molecular complexity index is 1020. The van der Waals surface area contributed by atoms with Gasteiger partial charge in [-0.15, -0.1) is 0 Å². The summed E-state index contributed by atoms with van der Waals surface area (Å²) in [5.41, 5.74) is -1.89. The first-order valence-electron chi connectivity index (χ1n) is 8.45. The summed E-state index contributed by atoms with van der Waals surface area (Å²) in [6, 6.07) is 4.52. The second kappa shape index (κ2) is 5.55. The predicted molar refractivity (Wildman–Crippen MR) is 93.5 cm³/mol. The Balaban J connectivity index is 2.06. The van der Waals surface area contributed by atoms with E-state index in [2.05, 4.69) is 0 Å². The van der Waals surface area contributed by atoms with Crippen LogP contribution in [0.2, 0.25) is 0 Å². The number of hydrogen-bond acceptors (Lipinski definition) is 7. The Morgan fingerprint density at radius 1 is 1.07 bits per heavy atom. The van der Waals surface area contributed by atoms with E-state index in [4.69, 9.17) is 4.74 Å². The van der Waals surface area contributed by atoms with Crippen LogP contribution in [0.1, 0.15) is 62.4 Å². The minimum atomic E-state index is -1.33. The highest BCUT2D eigenvalue weighted by Gasteiger charge is 2.44. The average Bonchev–Trinajstić information content (AvgIpc) is 2.60. The van der Waals surface area contributed by atoms with E-state index in [1.165, 1.54) is 26.2 Å². The number of phenolic OH excluding ortho intramolecular Hbond substituents is 2. The monoisotopic (exact) mass is 370 g/mol. The molecule has 0 fully saturated rings. The first-order valence-corrected chi connectivity index (χ1v) is 8.45. The fourth-order valence-corrected chi connectivity index (χ4v) is 4.13. The lowest BCUT2D eigenvalue weighted by molar-refractivity contribution is -0.00904. The molecule has 0 amide bonds. The highest BCUT2D eigenvalue weighted by molar-refractivity contribution is 6.31. The first kappa shape index (κ1) is 17.5. The molecule has 0 aromatic heterocycles. The summed E-state index contributed by atoms with van der Waals surface area (Å²) in [5.74, 6) is -2.16. The summed E-state index contributed by atoms with van der Waals surface area (Å²) in [4.78, 5) is 26.1. The van der Waals surface area contributed by atoms with Gasteiger partial charge in [0.15, 0.2) is 5.78 Å². The zero-order valence-corrected chi connectivity index (χ0v) is 14.7. The highest BCUT2D eigenvalue weighted by atomic mass is 16.5. The van der Waals surface area contributed by atoms with E-state index in [0.29, 0.717) is 0 Å². The van der Waals surface area contributed by atoms with Crippen LogP contribution in [-0.2, 0) is 6.42 Å². The van der Waals surface area contributed by atoms with Crippen molar-refractivity contribution in [1.29, 1.82) is 0 Å². The van der Waals surface area contributed by atoms with Gasteiger partial charge in [-0.25, -0.2) is 0 Å². The number of hydrogen-bond donors (Lipinski definition) is 4. The van der Waals surface area contributed by atoms with Gasteiger partial charge >= 0.3 is 0 Å². The quantitative estimate of drug-likeness (QED) is 0.480. The molecule has 0 heterocycles. The van der Waals surface area contributed by atoms with Crippen molar-refractivity contribution in [3.8, 4) is 17.2 Å². The van der Waals surface area contributed by atoms with Crippen LogP contribution in [-0.4, -0.2) is 44.7 Å². The van der Waals surface area contributed by atoms with Gasteiger partial charge in [0.1, 0.15) is 17.2 Å². The smallest absolute Gasteiger partial charge is 0.202 e. The van der Waals surface area contributed by atoms with E-state index in [0.717, 1.165) is 0 Å². The molecule has 0 saturated heterocycles. The number of aromatic hydroxyl groups is 2.